The molecule has 0 aliphatic heterocycles. The van der Waals surface area contributed by atoms with Crippen LogP contribution < -0.4 is 19.5 Å². The third-order valence-corrected chi connectivity index (χ3v) is 3.51. The molecule has 1 aromatic carbocycles. The topological polar surface area (TPSA) is 77.0 Å². The molecule has 6 nitrogen and oxygen atoms in total. The highest BCUT2D eigenvalue weighted by Crippen LogP contribution is 2.35. The summed E-state index contributed by atoms with van der Waals surface area (Å²) in [5, 5.41) is 12.9. The number of aliphatic hydroxyl groups is 1. The summed E-state index contributed by atoms with van der Waals surface area (Å²) in [6.45, 7) is 12.2. The largest absolute Gasteiger partial charge is 0.496 e. The van der Waals surface area contributed by atoms with Crippen LogP contribution >= 0.6 is 12.6 Å². The van der Waals surface area contributed by atoms with Crippen LogP contribution in [0.25, 0.3) is 0 Å². The van der Waals surface area contributed by atoms with Crippen molar-refractivity contribution in [3.8, 4) is 17.2 Å². The molecule has 164 valence electrons. The van der Waals surface area contributed by atoms with E-state index < -0.39 is 6.10 Å². The quantitative estimate of drug-likeness (QED) is 0.282. The molecule has 0 radical (unpaired) electrons. The number of Topliss-reactive ketones (excluding diaryl/α,β-unsaturated/α-hetero) is 1. The molecule has 2 unspecified atom stereocenters. The molecular formula is C21H39NO5S. The van der Waals surface area contributed by atoms with Gasteiger partial charge in [-0.1, -0.05) is 34.6 Å². The van der Waals surface area contributed by atoms with Gasteiger partial charge >= 0.3 is 0 Å². The highest BCUT2D eigenvalue weighted by atomic mass is 32.1. The lowest BCUT2D eigenvalue weighted by Gasteiger charge is -2.18. The number of methoxy groups -OCH3 is 2. The van der Waals surface area contributed by atoms with Gasteiger partial charge in [-0.15, -0.1) is 0 Å². The van der Waals surface area contributed by atoms with Crippen LogP contribution in [0, 0.1) is 0 Å². The van der Waals surface area contributed by atoms with Crippen molar-refractivity contribution in [2.75, 3.05) is 27.4 Å². The Bertz CT molecular complexity index is 538. The fraction of sp³-hybridized carbons (Fsp3) is 0.667. The number of thiol groups is 1. The van der Waals surface area contributed by atoms with Crippen molar-refractivity contribution >= 4 is 18.4 Å². The number of ether oxygens (including phenoxy) is 3. The van der Waals surface area contributed by atoms with Gasteiger partial charge in [-0.2, -0.15) is 12.6 Å². The molecule has 0 saturated carbocycles. The van der Waals surface area contributed by atoms with Gasteiger partial charge in [0.1, 0.15) is 35.5 Å². The van der Waals surface area contributed by atoms with Crippen molar-refractivity contribution in [1.82, 2.24) is 5.32 Å². The number of hydrogen-bond donors (Lipinski definition) is 3. The van der Waals surface area contributed by atoms with Crippen LogP contribution in [0.3, 0.4) is 0 Å². The maximum Gasteiger partial charge on any atom is 0.170 e. The molecule has 0 saturated heterocycles. The molecule has 1 rings (SSSR count). The number of ketones is 1. The van der Waals surface area contributed by atoms with E-state index in [1.807, 2.05) is 41.5 Å². The van der Waals surface area contributed by atoms with E-state index in [4.69, 9.17) is 14.2 Å². The van der Waals surface area contributed by atoms with Gasteiger partial charge in [0.05, 0.1) is 14.2 Å². The summed E-state index contributed by atoms with van der Waals surface area (Å²) in [7, 11) is 3.02. The first-order valence-electron chi connectivity index (χ1n) is 9.94. The average molecular weight is 418 g/mol. The van der Waals surface area contributed by atoms with Gasteiger partial charge < -0.3 is 24.6 Å². The summed E-state index contributed by atoms with van der Waals surface area (Å²) in [4.78, 5) is 12.4. The molecule has 7 heteroatoms. The number of nitrogens with one attached hydrogen (secondary N) is 1. The molecule has 0 heterocycles. The fourth-order valence-electron chi connectivity index (χ4n) is 2.14. The molecule has 0 fully saturated rings. The summed E-state index contributed by atoms with van der Waals surface area (Å²) in [5.74, 6) is 1.21. The van der Waals surface area contributed by atoms with Crippen molar-refractivity contribution in [2.24, 2.45) is 0 Å². The Morgan fingerprint density at radius 2 is 1.71 bits per heavy atom. The molecule has 0 bridgehead atoms. The number of benzene rings is 1. The molecular weight excluding hydrogens is 378 g/mol. The number of carbonyl (C=O) groups is 1. The van der Waals surface area contributed by atoms with E-state index in [1.54, 1.807) is 12.1 Å². The molecule has 0 amide bonds. The van der Waals surface area contributed by atoms with Crippen LogP contribution in [0.15, 0.2) is 12.1 Å². The van der Waals surface area contributed by atoms with Crippen LogP contribution in [-0.2, 0) is 0 Å². The Labute approximate surface area is 176 Å². The Kier molecular flexibility index (Phi) is 18.1. The normalized spacial score (nSPS) is 11.8. The van der Waals surface area contributed by atoms with Gasteiger partial charge in [0.25, 0.3) is 0 Å². The molecule has 2 N–H and O–H groups in total. The SMILES string of the molecule is CC.CC.CCCC(=O)c1c(OC)cc(OC)cc1OCC(O)CNC(C)S. The molecule has 0 aliphatic carbocycles. The average Bonchev–Trinajstić information content (AvgIpc) is 2.72. The van der Waals surface area contributed by atoms with Gasteiger partial charge in [-0.05, 0) is 13.3 Å². The number of rotatable bonds is 11. The second-order valence-electron chi connectivity index (χ2n) is 5.43. The van der Waals surface area contributed by atoms with E-state index in [1.165, 1.54) is 14.2 Å². The monoisotopic (exact) mass is 417 g/mol. The smallest absolute Gasteiger partial charge is 0.170 e. The summed E-state index contributed by atoms with van der Waals surface area (Å²) >= 11 is 4.19. The summed E-state index contributed by atoms with van der Waals surface area (Å²) in [5.41, 5.74) is 0.378. The zero-order valence-corrected chi connectivity index (χ0v) is 19.6. The van der Waals surface area contributed by atoms with Crippen molar-refractivity contribution in [2.45, 2.75) is 65.9 Å². The third kappa shape index (κ3) is 10.8. The zero-order chi connectivity index (χ0) is 22.1. The maximum atomic E-state index is 12.4. The number of aliphatic hydroxyl groups excluding tert-OH is 1. The third-order valence-electron chi connectivity index (χ3n) is 3.33. The van der Waals surface area contributed by atoms with E-state index in [0.29, 0.717) is 35.8 Å². The summed E-state index contributed by atoms with van der Waals surface area (Å²) in [6, 6.07) is 3.28. The minimum absolute atomic E-state index is 0.0294. The van der Waals surface area contributed by atoms with Gasteiger partial charge in [0, 0.05) is 30.5 Å². The zero-order valence-electron chi connectivity index (χ0n) is 18.7. The number of hydrogen-bond acceptors (Lipinski definition) is 7. The van der Waals surface area contributed by atoms with Crippen LogP contribution in [-0.4, -0.2) is 49.7 Å². The minimum atomic E-state index is -0.731. The van der Waals surface area contributed by atoms with Crippen LogP contribution in [0.5, 0.6) is 17.2 Å². The van der Waals surface area contributed by atoms with E-state index in [2.05, 4.69) is 17.9 Å². The Morgan fingerprint density at radius 1 is 1.14 bits per heavy atom. The molecule has 0 aromatic heterocycles. The van der Waals surface area contributed by atoms with E-state index in [0.717, 1.165) is 6.42 Å². The predicted octanol–water partition coefficient (Wildman–Crippen LogP) is 4.34. The van der Waals surface area contributed by atoms with Gasteiger partial charge in [-0.25, -0.2) is 0 Å². The highest BCUT2D eigenvalue weighted by Gasteiger charge is 2.21. The van der Waals surface area contributed by atoms with E-state index in [9.17, 15) is 9.90 Å². The Morgan fingerprint density at radius 3 is 2.18 bits per heavy atom. The summed E-state index contributed by atoms with van der Waals surface area (Å²) in [6.07, 6.45) is 0.381. The molecule has 28 heavy (non-hydrogen) atoms. The molecule has 1 aromatic rings. The number of carbonyl (C=O) groups excluding carboxylic acids is 1. The lowest BCUT2D eigenvalue weighted by atomic mass is 10.0. The van der Waals surface area contributed by atoms with Crippen molar-refractivity contribution in [3.05, 3.63) is 17.7 Å². The second kappa shape index (κ2) is 17.6. The molecule has 0 aliphatic rings. The molecule has 2 atom stereocenters. The first-order chi connectivity index (χ1) is 13.4. The molecule has 0 spiro atoms. The lowest BCUT2D eigenvalue weighted by Crippen LogP contribution is -2.34. The fourth-order valence-corrected chi connectivity index (χ4v) is 2.24. The van der Waals surface area contributed by atoms with Gasteiger partial charge in [0.15, 0.2) is 5.78 Å². The van der Waals surface area contributed by atoms with Crippen LogP contribution in [0.4, 0.5) is 0 Å². The second-order valence-corrected chi connectivity index (χ2v) is 6.20. The first kappa shape index (κ1) is 28.8. The van der Waals surface area contributed by atoms with E-state index in [-0.39, 0.29) is 17.8 Å². The van der Waals surface area contributed by atoms with Crippen molar-refractivity contribution in [1.29, 1.82) is 0 Å². The first-order valence-corrected chi connectivity index (χ1v) is 10.5. The van der Waals surface area contributed by atoms with Crippen molar-refractivity contribution < 1.29 is 24.1 Å². The van der Waals surface area contributed by atoms with Gasteiger partial charge in [-0.3, -0.25) is 4.79 Å². The van der Waals surface area contributed by atoms with Gasteiger partial charge in [0.2, 0.25) is 0 Å². The van der Waals surface area contributed by atoms with Crippen LogP contribution in [0.2, 0.25) is 0 Å². The standard InChI is InChI=1S/C17H27NO5S.2C2H6/c1-5-6-14(20)17-15(22-4)7-13(21-3)8-16(17)23-10-12(19)9-18-11(2)24;2*1-2/h7-8,11-12,18-19,24H,5-6,9-10H2,1-4H3;2*1-2H3. The Balaban J connectivity index is 0. The van der Waals surface area contributed by atoms with Crippen molar-refractivity contribution in [3.63, 3.8) is 0 Å². The lowest BCUT2D eigenvalue weighted by molar-refractivity contribution is 0.0944. The predicted molar refractivity (Wildman–Crippen MR) is 119 cm³/mol. The minimum Gasteiger partial charge on any atom is -0.496 e. The van der Waals surface area contributed by atoms with Crippen LogP contribution in [0.1, 0.15) is 64.7 Å². The summed E-state index contributed by atoms with van der Waals surface area (Å²) < 4.78 is 16.2. The highest BCUT2D eigenvalue weighted by molar-refractivity contribution is 7.80. The van der Waals surface area contributed by atoms with E-state index >= 15 is 0 Å². The Hall–Kier alpha value is -1.44. The maximum absolute atomic E-state index is 12.4.